The van der Waals surface area contributed by atoms with Gasteiger partial charge in [-0.05, 0) is 51.3 Å². The van der Waals surface area contributed by atoms with Crippen LogP contribution < -0.4 is 5.32 Å². The third-order valence-corrected chi connectivity index (χ3v) is 8.94. The number of carboxylic acids is 1. The summed E-state index contributed by atoms with van der Waals surface area (Å²) in [5.41, 5.74) is 0.0263. The predicted octanol–water partition coefficient (Wildman–Crippen LogP) is 3.94. The zero-order valence-corrected chi connectivity index (χ0v) is 25.1. The van der Waals surface area contributed by atoms with E-state index in [0.717, 1.165) is 0 Å². The molecule has 232 valence electrons. The van der Waals surface area contributed by atoms with Crippen LogP contribution in [-0.4, -0.2) is 88.7 Å². The molecule has 0 saturated carbocycles. The monoisotopic (exact) mass is 621 g/mol. The van der Waals surface area contributed by atoms with Crippen LogP contribution in [0.5, 0.6) is 0 Å². The van der Waals surface area contributed by atoms with Crippen molar-refractivity contribution in [1.29, 1.82) is 0 Å². The van der Waals surface area contributed by atoms with Crippen molar-refractivity contribution in [2.24, 2.45) is 10.4 Å². The lowest BCUT2D eigenvalue weighted by atomic mass is 9.89. The van der Waals surface area contributed by atoms with Crippen LogP contribution in [0.2, 0.25) is 0 Å². The van der Waals surface area contributed by atoms with Crippen molar-refractivity contribution in [3.05, 3.63) is 63.0 Å². The number of benzene rings is 1. The summed E-state index contributed by atoms with van der Waals surface area (Å²) in [5, 5.41) is 16.1. The van der Waals surface area contributed by atoms with E-state index in [1.165, 1.54) is 28.5 Å². The molecule has 14 heteroatoms. The number of nitrogens with zero attached hydrogens (tertiary/aromatic N) is 4. The molecular formula is C29H34F3N5O5S. The second-order valence-corrected chi connectivity index (χ2v) is 12.4. The van der Waals surface area contributed by atoms with Crippen molar-refractivity contribution in [3.63, 3.8) is 0 Å². The number of fused-ring (bicyclic) bond motifs is 1. The number of nitrogens with one attached hydrogen (secondary N) is 1. The van der Waals surface area contributed by atoms with E-state index in [1.54, 1.807) is 50.2 Å². The highest BCUT2D eigenvalue weighted by atomic mass is 32.1. The first-order chi connectivity index (χ1) is 20.3. The van der Waals surface area contributed by atoms with Crippen molar-refractivity contribution in [2.75, 3.05) is 32.8 Å². The number of likely N-dealkylation sites (tertiary alicyclic amines) is 1. The lowest BCUT2D eigenvalue weighted by molar-refractivity contribution is -0.186. The van der Waals surface area contributed by atoms with E-state index in [0.29, 0.717) is 27.7 Å². The lowest BCUT2D eigenvalue weighted by Gasteiger charge is -2.31. The molecule has 0 radical (unpaired) electrons. The summed E-state index contributed by atoms with van der Waals surface area (Å²) >= 11 is 1.30. The van der Waals surface area contributed by atoms with Crippen molar-refractivity contribution in [2.45, 2.75) is 58.2 Å². The maximum atomic E-state index is 15.6. The molecule has 1 aromatic carbocycles. The minimum Gasteiger partial charge on any atom is -0.481 e. The van der Waals surface area contributed by atoms with E-state index in [9.17, 15) is 19.1 Å². The average molecular weight is 622 g/mol. The number of ether oxygens (including phenoxy) is 1. The molecule has 0 bridgehead atoms. The Bertz CT molecular complexity index is 1450. The summed E-state index contributed by atoms with van der Waals surface area (Å²) in [6, 6.07) is 1.50. The number of aliphatic imine (C=N–C) groups is 1. The molecule has 0 spiro atoms. The number of esters is 1. The standard InChI is InChI=1S/C29H34F3N5O5S/c1-5-41-26(38)21-19(34-24(25-33-10-12-43-25)35-22(21)17-7-6-8-18(30)16(17)2)13-36-15-29(31,32)23-20(36)14-42-37(23)11-9-28(3,4)27(39)40/h6-8,10,12,20,22-23H,5,9,11,13-15H2,1-4H3,(H,34,35)(H,39,40). The molecule has 5 rings (SSSR count). The average Bonchev–Trinajstić information content (AvgIpc) is 3.68. The smallest absolute Gasteiger partial charge is 0.338 e. The minimum absolute atomic E-state index is 0.0146. The van der Waals surface area contributed by atoms with Crippen molar-refractivity contribution >= 4 is 29.1 Å². The third-order valence-electron chi connectivity index (χ3n) is 8.16. The summed E-state index contributed by atoms with van der Waals surface area (Å²) < 4.78 is 51.2. The van der Waals surface area contributed by atoms with Crippen LogP contribution >= 0.6 is 11.3 Å². The Labute approximate surface area is 251 Å². The lowest BCUT2D eigenvalue weighted by Crippen LogP contribution is -2.46. The Morgan fingerprint density at radius 3 is 2.77 bits per heavy atom. The van der Waals surface area contributed by atoms with Gasteiger partial charge in [0.25, 0.3) is 5.92 Å². The van der Waals surface area contributed by atoms with E-state index in [2.05, 4.69) is 10.3 Å². The minimum atomic E-state index is -3.18. The Balaban J connectivity index is 1.51. The van der Waals surface area contributed by atoms with Gasteiger partial charge in [0.1, 0.15) is 17.9 Å². The summed E-state index contributed by atoms with van der Waals surface area (Å²) in [5.74, 6) is -5.04. The maximum absolute atomic E-state index is 15.6. The number of carbonyl (C=O) groups excluding carboxylic acids is 1. The van der Waals surface area contributed by atoms with Crippen molar-refractivity contribution < 1.29 is 37.4 Å². The molecule has 2 saturated heterocycles. The fourth-order valence-corrected chi connectivity index (χ4v) is 6.24. The maximum Gasteiger partial charge on any atom is 0.338 e. The summed E-state index contributed by atoms with van der Waals surface area (Å²) in [4.78, 5) is 41.3. The number of carbonyl (C=O) groups is 2. The zero-order chi connectivity index (χ0) is 31.1. The van der Waals surface area contributed by atoms with Gasteiger partial charge in [0.2, 0.25) is 0 Å². The number of thiazole rings is 1. The Morgan fingerprint density at radius 2 is 2.09 bits per heavy atom. The van der Waals surface area contributed by atoms with Crippen LogP contribution in [0.1, 0.15) is 49.4 Å². The molecule has 3 aliphatic rings. The number of hydroxylamine groups is 2. The SMILES string of the molecule is CCOC(=O)C1=C(CN2CC(F)(F)C3C2CON3CCC(C)(C)C(=O)O)NC(c2nccs2)=NC1c1cccc(F)c1C. The normalized spacial score (nSPS) is 24.1. The predicted molar refractivity (Wildman–Crippen MR) is 152 cm³/mol. The van der Waals surface area contributed by atoms with Gasteiger partial charge < -0.3 is 15.2 Å². The molecule has 3 aliphatic heterocycles. The molecule has 43 heavy (non-hydrogen) atoms. The Hall–Kier alpha value is -3.33. The molecule has 4 heterocycles. The number of carboxylic acid groups (broad SMARTS) is 1. The molecule has 1 aromatic heterocycles. The molecule has 2 aromatic rings. The van der Waals surface area contributed by atoms with Gasteiger partial charge >= 0.3 is 11.9 Å². The highest BCUT2D eigenvalue weighted by molar-refractivity contribution is 7.11. The molecule has 2 N–H and O–H groups in total. The largest absolute Gasteiger partial charge is 0.481 e. The highest BCUT2D eigenvalue weighted by Gasteiger charge is 2.61. The quantitative estimate of drug-likeness (QED) is 0.381. The van der Waals surface area contributed by atoms with E-state index in [-0.39, 0.29) is 38.3 Å². The number of rotatable bonds is 10. The second-order valence-electron chi connectivity index (χ2n) is 11.5. The second kappa shape index (κ2) is 12.0. The van der Waals surface area contributed by atoms with Gasteiger partial charge in [-0.3, -0.25) is 19.5 Å². The summed E-state index contributed by atoms with van der Waals surface area (Å²) in [6.45, 7) is 5.66. The van der Waals surface area contributed by atoms with Gasteiger partial charge in [0.15, 0.2) is 10.8 Å². The van der Waals surface area contributed by atoms with Gasteiger partial charge in [-0.2, -0.15) is 5.06 Å². The molecule has 2 fully saturated rings. The number of aliphatic carboxylic acids is 1. The molecule has 0 amide bonds. The van der Waals surface area contributed by atoms with E-state index >= 15 is 8.78 Å². The first-order valence-corrected chi connectivity index (χ1v) is 14.9. The van der Waals surface area contributed by atoms with Crippen molar-refractivity contribution in [3.8, 4) is 0 Å². The van der Waals surface area contributed by atoms with Gasteiger partial charge in [0.05, 0.1) is 36.8 Å². The number of hydrogen-bond donors (Lipinski definition) is 2. The number of amidine groups is 1. The van der Waals surface area contributed by atoms with Gasteiger partial charge in [0, 0.05) is 30.4 Å². The van der Waals surface area contributed by atoms with Crippen LogP contribution in [0.25, 0.3) is 0 Å². The van der Waals surface area contributed by atoms with Crippen molar-refractivity contribution in [1.82, 2.24) is 20.3 Å². The van der Waals surface area contributed by atoms with Gasteiger partial charge in [-0.15, -0.1) is 11.3 Å². The van der Waals surface area contributed by atoms with E-state index in [4.69, 9.17) is 14.6 Å². The summed E-state index contributed by atoms with van der Waals surface area (Å²) in [7, 11) is 0. The van der Waals surface area contributed by atoms with Crippen LogP contribution in [0.4, 0.5) is 13.2 Å². The van der Waals surface area contributed by atoms with Crippen LogP contribution in [0.3, 0.4) is 0 Å². The third kappa shape index (κ3) is 6.06. The Morgan fingerprint density at radius 1 is 1.33 bits per heavy atom. The fourth-order valence-electron chi connectivity index (χ4n) is 5.65. The van der Waals surface area contributed by atoms with Crippen LogP contribution in [0, 0.1) is 18.2 Å². The molecule has 3 atom stereocenters. The van der Waals surface area contributed by atoms with Gasteiger partial charge in [-0.1, -0.05) is 12.1 Å². The molecule has 3 unspecified atom stereocenters. The van der Waals surface area contributed by atoms with Crippen LogP contribution in [0.15, 0.2) is 46.0 Å². The number of aromatic nitrogens is 1. The molecule has 0 aliphatic carbocycles. The van der Waals surface area contributed by atoms with E-state index in [1.807, 2.05) is 0 Å². The molecular weight excluding hydrogens is 587 g/mol. The first-order valence-electron chi connectivity index (χ1n) is 14.0. The fraction of sp³-hybridized carbons (Fsp3) is 0.517. The Kier molecular flexibility index (Phi) is 8.67. The van der Waals surface area contributed by atoms with Gasteiger partial charge in [-0.25, -0.2) is 22.9 Å². The summed E-state index contributed by atoms with van der Waals surface area (Å²) in [6.07, 6.45) is 1.71. The first kappa shape index (κ1) is 31.1. The molecule has 10 nitrogen and oxygen atoms in total. The highest BCUT2D eigenvalue weighted by Crippen LogP contribution is 2.42. The van der Waals surface area contributed by atoms with Crippen LogP contribution in [-0.2, 0) is 19.2 Å². The van der Waals surface area contributed by atoms with E-state index < -0.39 is 53.8 Å². The topological polar surface area (TPSA) is 117 Å². The number of hydrogen-bond acceptors (Lipinski definition) is 10. The number of halogens is 3. The zero-order valence-electron chi connectivity index (χ0n) is 24.3. The number of alkyl halides is 2.